The monoisotopic (exact) mass is 388 g/mol. The zero-order valence-corrected chi connectivity index (χ0v) is 16.8. The molecule has 5 heteroatoms. The zero-order valence-electron chi connectivity index (χ0n) is 16.8. The second kappa shape index (κ2) is 8.37. The van der Waals surface area contributed by atoms with Gasteiger partial charge in [-0.3, -0.25) is 0 Å². The second-order valence-electron chi connectivity index (χ2n) is 8.10. The molecule has 5 rings (SSSR count). The van der Waals surface area contributed by atoms with Crippen LogP contribution in [0.2, 0.25) is 0 Å². The summed E-state index contributed by atoms with van der Waals surface area (Å²) < 4.78 is 8.31. The van der Waals surface area contributed by atoms with Crippen molar-refractivity contribution in [3.8, 4) is 11.6 Å². The van der Waals surface area contributed by atoms with Crippen LogP contribution in [0.15, 0.2) is 54.9 Å². The molecule has 2 aromatic heterocycles. The second-order valence-corrected chi connectivity index (χ2v) is 8.10. The fourth-order valence-corrected chi connectivity index (χ4v) is 4.63. The molecule has 0 saturated heterocycles. The molecule has 1 saturated carbocycles. The summed E-state index contributed by atoms with van der Waals surface area (Å²) in [5.41, 5.74) is 3.82. The molecule has 2 heterocycles. The third-order valence-electron chi connectivity index (χ3n) is 6.16. The molecule has 0 amide bonds. The van der Waals surface area contributed by atoms with Crippen LogP contribution in [0.5, 0.6) is 5.75 Å². The molecule has 1 aromatic carbocycles. The van der Waals surface area contributed by atoms with E-state index in [4.69, 9.17) is 4.74 Å². The van der Waals surface area contributed by atoms with Gasteiger partial charge in [-0.05, 0) is 63.1 Å². The molecule has 1 fully saturated rings. The summed E-state index contributed by atoms with van der Waals surface area (Å²) in [6.45, 7) is 0.807. The molecule has 2 aliphatic carbocycles. The minimum Gasteiger partial charge on any atom is -0.490 e. The number of pyridine rings is 1. The van der Waals surface area contributed by atoms with Crippen LogP contribution >= 0.6 is 0 Å². The number of para-hydroxylation sites is 1. The standard InChI is InChI=1S/C24H28N4O/c1-4-13-23(29-19-9-2-3-10-19)18(8-1)16-26-21-11-7-12-22-20(21)17-27-28(22)24-14-5-6-15-25-24/h1,4-6,8,13-15,17,19,21,26H,2-3,7,9-12,16H2/t21-/m0/s1. The van der Waals surface area contributed by atoms with Crippen LogP contribution in [0.1, 0.15) is 61.4 Å². The molecular weight excluding hydrogens is 360 g/mol. The maximum absolute atomic E-state index is 6.31. The van der Waals surface area contributed by atoms with E-state index in [1.54, 1.807) is 0 Å². The lowest BCUT2D eigenvalue weighted by atomic mass is 9.92. The Morgan fingerprint density at radius 1 is 1.00 bits per heavy atom. The van der Waals surface area contributed by atoms with Gasteiger partial charge in [0.2, 0.25) is 0 Å². The van der Waals surface area contributed by atoms with Crippen molar-refractivity contribution in [2.75, 3.05) is 0 Å². The molecule has 1 atom stereocenters. The molecule has 0 unspecified atom stereocenters. The number of hydrogen-bond donors (Lipinski definition) is 1. The van der Waals surface area contributed by atoms with Gasteiger partial charge in [-0.2, -0.15) is 5.10 Å². The lowest BCUT2D eigenvalue weighted by molar-refractivity contribution is 0.207. The third-order valence-corrected chi connectivity index (χ3v) is 6.16. The Morgan fingerprint density at radius 3 is 2.72 bits per heavy atom. The molecular formula is C24H28N4O. The molecule has 1 N–H and O–H groups in total. The van der Waals surface area contributed by atoms with E-state index in [1.807, 2.05) is 35.3 Å². The Morgan fingerprint density at radius 2 is 1.86 bits per heavy atom. The van der Waals surface area contributed by atoms with Crippen molar-refractivity contribution in [3.05, 3.63) is 71.7 Å². The van der Waals surface area contributed by atoms with Crippen molar-refractivity contribution >= 4 is 0 Å². The van der Waals surface area contributed by atoms with Crippen molar-refractivity contribution in [2.45, 2.75) is 63.6 Å². The minimum atomic E-state index is 0.316. The number of aromatic nitrogens is 3. The van der Waals surface area contributed by atoms with E-state index in [9.17, 15) is 0 Å². The van der Waals surface area contributed by atoms with Gasteiger partial charge in [0.05, 0.1) is 18.0 Å². The van der Waals surface area contributed by atoms with Gasteiger partial charge in [-0.1, -0.05) is 24.3 Å². The highest BCUT2D eigenvalue weighted by atomic mass is 16.5. The SMILES string of the molecule is c1ccc(-n2ncc3c2CCC[C@@H]3NCc2ccccc2OC2CCCC2)nc1. The Bertz CT molecular complexity index is 947. The maximum Gasteiger partial charge on any atom is 0.153 e. The van der Waals surface area contributed by atoms with E-state index in [0.29, 0.717) is 12.1 Å². The summed E-state index contributed by atoms with van der Waals surface area (Å²) in [6, 6.07) is 14.7. The van der Waals surface area contributed by atoms with Crippen LogP contribution in [-0.2, 0) is 13.0 Å². The van der Waals surface area contributed by atoms with Crippen LogP contribution in [0, 0.1) is 0 Å². The van der Waals surface area contributed by atoms with Crippen molar-refractivity contribution in [1.82, 2.24) is 20.1 Å². The number of hydrogen-bond acceptors (Lipinski definition) is 4. The van der Waals surface area contributed by atoms with Gasteiger partial charge in [-0.15, -0.1) is 0 Å². The Labute approximate surface area is 172 Å². The first-order valence-electron chi connectivity index (χ1n) is 10.8. The molecule has 0 aliphatic heterocycles. The van der Waals surface area contributed by atoms with Gasteiger partial charge in [-0.25, -0.2) is 9.67 Å². The van der Waals surface area contributed by atoms with Crippen molar-refractivity contribution < 1.29 is 4.74 Å². The van der Waals surface area contributed by atoms with E-state index in [0.717, 1.165) is 37.4 Å². The van der Waals surface area contributed by atoms with Gasteiger partial charge in [0.1, 0.15) is 5.75 Å². The van der Waals surface area contributed by atoms with E-state index in [-0.39, 0.29) is 0 Å². The van der Waals surface area contributed by atoms with Gasteiger partial charge >= 0.3 is 0 Å². The summed E-state index contributed by atoms with van der Waals surface area (Å²) >= 11 is 0. The average Bonchev–Trinajstić information content (AvgIpc) is 3.44. The van der Waals surface area contributed by atoms with Crippen LogP contribution in [0.4, 0.5) is 0 Å². The van der Waals surface area contributed by atoms with Gasteiger partial charge < -0.3 is 10.1 Å². The number of benzene rings is 1. The highest BCUT2D eigenvalue weighted by molar-refractivity contribution is 5.35. The van der Waals surface area contributed by atoms with Crippen LogP contribution in [-0.4, -0.2) is 20.9 Å². The maximum atomic E-state index is 6.31. The molecule has 2 aliphatic rings. The van der Waals surface area contributed by atoms with Gasteiger partial charge in [0.25, 0.3) is 0 Å². The lowest BCUT2D eigenvalue weighted by Crippen LogP contribution is -2.25. The molecule has 0 bridgehead atoms. The molecule has 0 radical (unpaired) electrons. The highest BCUT2D eigenvalue weighted by Crippen LogP contribution is 2.32. The van der Waals surface area contributed by atoms with Crippen LogP contribution < -0.4 is 10.1 Å². The summed E-state index contributed by atoms with van der Waals surface area (Å²) in [6.07, 6.45) is 12.5. The van der Waals surface area contributed by atoms with Crippen molar-refractivity contribution in [2.24, 2.45) is 0 Å². The predicted molar refractivity (Wildman–Crippen MR) is 113 cm³/mol. The molecule has 150 valence electrons. The number of fused-ring (bicyclic) bond motifs is 1. The van der Waals surface area contributed by atoms with Gasteiger partial charge in [0.15, 0.2) is 5.82 Å². The smallest absolute Gasteiger partial charge is 0.153 e. The first kappa shape index (κ1) is 18.4. The summed E-state index contributed by atoms with van der Waals surface area (Å²) in [5.74, 6) is 1.93. The summed E-state index contributed by atoms with van der Waals surface area (Å²) in [7, 11) is 0. The Balaban J connectivity index is 1.31. The molecule has 3 aromatic rings. The fourth-order valence-electron chi connectivity index (χ4n) is 4.63. The molecule has 0 spiro atoms. The minimum absolute atomic E-state index is 0.316. The molecule has 29 heavy (non-hydrogen) atoms. The van der Waals surface area contributed by atoms with Gasteiger partial charge in [0, 0.05) is 29.9 Å². The quantitative estimate of drug-likeness (QED) is 0.662. The Kier molecular flexibility index (Phi) is 5.31. The largest absolute Gasteiger partial charge is 0.490 e. The number of nitrogens with zero attached hydrogens (tertiary/aromatic N) is 3. The first-order valence-corrected chi connectivity index (χ1v) is 10.8. The lowest BCUT2D eigenvalue weighted by Gasteiger charge is -2.25. The topological polar surface area (TPSA) is 52.0 Å². The zero-order chi connectivity index (χ0) is 19.5. The van der Waals surface area contributed by atoms with Crippen molar-refractivity contribution in [1.29, 1.82) is 0 Å². The fraction of sp³-hybridized carbons (Fsp3) is 0.417. The third kappa shape index (κ3) is 3.92. The summed E-state index contributed by atoms with van der Waals surface area (Å²) in [5, 5.41) is 8.42. The van der Waals surface area contributed by atoms with E-state index in [2.05, 4.69) is 39.7 Å². The Hall–Kier alpha value is -2.66. The molecule has 5 nitrogen and oxygen atoms in total. The normalized spacial score (nSPS) is 19.2. The first-order chi connectivity index (χ1) is 14.4. The number of rotatable bonds is 6. The average molecular weight is 389 g/mol. The number of ether oxygens (including phenoxy) is 1. The van der Waals surface area contributed by atoms with Crippen LogP contribution in [0.25, 0.3) is 5.82 Å². The predicted octanol–water partition coefficient (Wildman–Crippen LogP) is 4.76. The van der Waals surface area contributed by atoms with E-state index >= 15 is 0 Å². The van der Waals surface area contributed by atoms with E-state index in [1.165, 1.54) is 42.5 Å². The summed E-state index contributed by atoms with van der Waals surface area (Å²) in [4.78, 5) is 4.47. The van der Waals surface area contributed by atoms with Crippen molar-refractivity contribution in [3.63, 3.8) is 0 Å². The highest BCUT2D eigenvalue weighted by Gasteiger charge is 2.25. The van der Waals surface area contributed by atoms with E-state index < -0.39 is 0 Å². The number of nitrogens with one attached hydrogen (secondary N) is 1. The van der Waals surface area contributed by atoms with Crippen LogP contribution in [0.3, 0.4) is 0 Å².